The second-order valence-electron chi connectivity index (χ2n) is 7.30. The van der Waals surface area contributed by atoms with Gasteiger partial charge in [-0.05, 0) is 51.9 Å². The molecule has 28 heavy (non-hydrogen) atoms. The summed E-state index contributed by atoms with van der Waals surface area (Å²) >= 11 is 7.38. The van der Waals surface area contributed by atoms with Gasteiger partial charge in [-0.25, -0.2) is 8.42 Å². The van der Waals surface area contributed by atoms with Gasteiger partial charge in [0.2, 0.25) is 10.0 Å². The van der Waals surface area contributed by atoms with Gasteiger partial charge in [0.05, 0.1) is 27.2 Å². The van der Waals surface area contributed by atoms with Crippen LogP contribution in [0.2, 0.25) is 4.34 Å². The van der Waals surface area contributed by atoms with Crippen LogP contribution in [0.1, 0.15) is 32.4 Å². The zero-order chi connectivity index (χ0) is 20.3. The predicted octanol–water partition coefficient (Wildman–Crippen LogP) is 3.02. The smallest absolute Gasteiger partial charge is 0.215 e. The molecule has 0 saturated carbocycles. The van der Waals surface area contributed by atoms with Crippen LogP contribution in [0, 0.1) is 0 Å². The fourth-order valence-electron chi connectivity index (χ4n) is 3.52. The molecule has 0 spiro atoms. The second-order valence-corrected chi connectivity index (χ2v) is 11.1. The Morgan fingerprint density at radius 3 is 2.68 bits per heavy atom. The summed E-state index contributed by atoms with van der Waals surface area (Å²) in [5, 5.41) is 4.09. The zero-order valence-electron chi connectivity index (χ0n) is 16.2. The Morgan fingerprint density at radius 1 is 1.39 bits per heavy atom. The Labute approximate surface area is 175 Å². The Bertz CT molecular complexity index is 873. The summed E-state index contributed by atoms with van der Waals surface area (Å²) in [7, 11) is -3.47. The third-order valence-electron chi connectivity index (χ3n) is 5.06. The molecule has 0 aromatic carbocycles. The average Bonchev–Trinajstić information content (AvgIpc) is 3.28. The first-order valence-electron chi connectivity index (χ1n) is 9.45. The zero-order valence-corrected chi connectivity index (χ0v) is 18.6. The molecule has 1 saturated heterocycles. The molecule has 0 radical (unpaired) electrons. The third kappa shape index (κ3) is 5.14. The van der Waals surface area contributed by atoms with E-state index in [1.165, 1.54) is 11.3 Å². The maximum Gasteiger partial charge on any atom is 0.215 e. The lowest BCUT2D eigenvalue weighted by Crippen LogP contribution is -2.49. The number of likely N-dealkylation sites (tertiary alicyclic amines) is 1. The van der Waals surface area contributed by atoms with Crippen LogP contribution in [0.3, 0.4) is 0 Å². The van der Waals surface area contributed by atoms with Crippen molar-refractivity contribution in [3.8, 4) is 10.6 Å². The minimum absolute atomic E-state index is 0.0529. The molecule has 3 rings (SSSR count). The molecule has 0 atom stereocenters. The van der Waals surface area contributed by atoms with E-state index in [1.54, 1.807) is 16.4 Å². The number of nitrogens with zero attached hydrogens (tertiary/aromatic N) is 3. The fraction of sp³-hybridized carbons (Fsp3) is 0.611. The normalized spacial score (nSPS) is 17.1. The van der Waals surface area contributed by atoms with E-state index in [0.717, 1.165) is 30.8 Å². The van der Waals surface area contributed by atoms with E-state index in [-0.39, 0.29) is 24.9 Å². The van der Waals surface area contributed by atoms with Gasteiger partial charge < -0.3 is 15.2 Å². The number of nitrogens with two attached hydrogens (primary N) is 1. The summed E-state index contributed by atoms with van der Waals surface area (Å²) in [6.07, 6.45) is 1.60. The third-order valence-corrected chi connectivity index (χ3v) is 8.20. The molecular weight excluding hydrogens is 420 g/mol. The minimum Gasteiger partial charge on any atom is -0.355 e. The van der Waals surface area contributed by atoms with Crippen molar-refractivity contribution in [3.63, 3.8) is 0 Å². The molecular formula is C18H27ClN4O3S2. The topological polar surface area (TPSA) is 92.7 Å². The molecule has 7 nitrogen and oxygen atoms in total. The van der Waals surface area contributed by atoms with E-state index in [0.29, 0.717) is 21.8 Å². The largest absolute Gasteiger partial charge is 0.355 e. The molecule has 2 N–H and O–H groups in total. The molecule has 2 aromatic rings. The van der Waals surface area contributed by atoms with Crippen LogP contribution in [0.25, 0.3) is 10.6 Å². The first kappa shape index (κ1) is 21.7. The van der Waals surface area contributed by atoms with Crippen molar-refractivity contribution in [1.29, 1.82) is 0 Å². The van der Waals surface area contributed by atoms with Crippen LogP contribution in [-0.4, -0.2) is 60.3 Å². The van der Waals surface area contributed by atoms with E-state index in [1.807, 2.05) is 6.07 Å². The number of halogens is 1. The number of hydrogen-bond donors (Lipinski definition) is 1. The molecule has 2 aromatic heterocycles. The molecule has 1 fully saturated rings. The van der Waals surface area contributed by atoms with E-state index in [2.05, 4.69) is 23.9 Å². The summed E-state index contributed by atoms with van der Waals surface area (Å²) in [6.45, 7) is 6.39. The average molecular weight is 447 g/mol. The highest BCUT2D eigenvalue weighted by Crippen LogP contribution is 2.32. The number of sulfonamides is 1. The standard InChI is InChI=1S/C18H27ClN4O3S2/c1-13(2)22-8-5-15(6-9-22)23(28(24,25)10-7-20)12-14-11-16(26-21-14)17-3-4-18(19)27-17/h3-4,11,13,15H,5-10,12,20H2,1-2H3. The Balaban J connectivity index is 1.78. The highest BCUT2D eigenvalue weighted by Gasteiger charge is 2.33. The van der Waals surface area contributed by atoms with Gasteiger partial charge in [0.15, 0.2) is 5.76 Å². The first-order valence-corrected chi connectivity index (χ1v) is 12.3. The van der Waals surface area contributed by atoms with E-state index < -0.39 is 10.0 Å². The molecule has 1 aliphatic rings. The van der Waals surface area contributed by atoms with Gasteiger partial charge in [0.25, 0.3) is 0 Å². The predicted molar refractivity (Wildman–Crippen MR) is 113 cm³/mol. The molecule has 10 heteroatoms. The van der Waals surface area contributed by atoms with Crippen molar-refractivity contribution in [1.82, 2.24) is 14.4 Å². The van der Waals surface area contributed by atoms with Crippen LogP contribution in [0.5, 0.6) is 0 Å². The van der Waals surface area contributed by atoms with Gasteiger partial charge >= 0.3 is 0 Å². The number of piperidine rings is 1. The monoisotopic (exact) mass is 446 g/mol. The van der Waals surface area contributed by atoms with Crippen molar-refractivity contribution in [2.24, 2.45) is 5.73 Å². The van der Waals surface area contributed by atoms with Crippen LogP contribution in [0.15, 0.2) is 22.7 Å². The summed E-state index contributed by atoms with van der Waals surface area (Å²) < 4.78 is 33.4. The van der Waals surface area contributed by atoms with Crippen LogP contribution in [-0.2, 0) is 16.6 Å². The van der Waals surface area contributed by atoms with Crippen molar-refractivity contribution in [2.75, 3.05) is 25.4 Å². The second kappa shape index (κ2) is 9.23. The van der Waals surface area contributed by atoms with E-state index >= 15 is 0 Å². The molecule has 156 valence electrons. The van der Waals surface area contributed by atoms with Gasteiger partial charge in [-0.2, -0.15) is 4.31 Å². The molecule has 0 bridgehead atoms. The van der Waals surface area contributed by atoms with Gasteiger partial charge in [-0.3, -0.25) is 0 Å². The first-order chi connectivity index (χ1) is 13.3. The lowest BCUT2D eigenvalue weighted by Gasteiger charge is -2.39. The van der Waals surface area contributed by atoms with Crippen molar-refractivity contribution in [2.45, 2.75) is 45.3 Å². The number of aromatic nitrogens is 1. The molecule has 0 amide bonds. The summed E-state index contributed by atoms with van der Waals surface area (Å²) in [5.41, 5.74) is 6.15. The van der Waals surface area contributed by atoms with Crippen LogP contribution in [0.4, 0.5) is 0 Å². The van der Waals surface area contributed by atoms with Gasteiger partial charge in [0.1, 0.15) is 0 Å². The highest BCUT2D eigenvalue weighted by atomic mass is 35.5. The maximum atomic E-state index is 12.9. The Morgan fingerprint density at radius 2 is 2.11 bits per heavy atom. The van der Waals surface area contributed by atoms with Crippen molar-refractivity contribution >= 4 is 33.0 Å². The Hall–Kier alpha value is -0.970. The number of rotatable bonds is 8. The van der Waals surface area contributed by atoms with E-state index in [4.69, 9.17) is 21.9 Å². The van der Waals surface area contributed by atoms with Gasteiger partial charge in [-0.15, -0.1) is 11.3 Å². The molecule has 3 heterocycles. The summed E-state index contributed by atoms with van der Waals surface area (Å²) in [6, 6.07) is 5.86. The van der Waals surface area contributed by atoms with Crippen molar-refractivity contribution in [3.05, 3.63) is 28.2 Å². The van der Waals surface area contributed by atoms with Crippen LogP contribution < -0.4 is 5.73 Å². The lowest BCUT2D eigenvalue weighted by molar-refractivity contribution is 0.129. The lowest BCUT2D eigenvalue weighted by atomic mass is 10.0. The fourth-order valence-corrected chi connectivity index (χ4v) is 6.04. The molecule has 1 aliphatic heterocycles. The van der Waals surface area contributed by atoms with Gasteiger partial charge in [-0.1, -0.05) is 16.8 Å². The SMILES string of the molecule is CC(C)N1CCC(N(Cc2cc(-c3ccc(Cl)s3)on2)S(=O)(=O)CCN)CC1. The van der Waals surface area contributed by atoms with Crippen LogP contribution >= 0.6 is 22.9 Å². The molecule has 0 unspecified atom stereocenters. The maximum absolute atomic E-state index is 12.9. The van der Waals surface area contributed by atoms with E-state index in [9.17, 15) is 8.42 Å². The number of hydrogen-bond acceptors (Lipinski definition) is 7. The minimum atomic E-state index is -3.47. The quantitative estimate of drug-likeness (QED) is 0.669. The summed E-state index contributed by atoms with van der Waals surface area (Å²) in [4.78, 5) is 3.24. The van der Waals surface area contributed by atoms with Gasteiger partial charge in [0, 0.05) is 24.7 Å². The Kier molecular flexibility index (Phi) is 7.17. The molecule has 0 aliphatic carbocycles. The number of thiophene rings is 1. The highest BCUT2D eigenvalue weighted by molar-refractivity contribution is 7.89. The summed E-state index contributed by atoms with van der Waals surface area (Å²) in [5.74, 6) is 0.528. The van der Waals surface area contributed by atoms with Crippen molar-refractivity contribution < 1.29 is 12.9 Å².